The average molecular weight is 396 g/mol. The number of hydrogen-bond acceptors (Lipinski definition) is 5. The SMILES string of the molecule is COc1cccc(C(=O)OCC(=O)Nc2ccccc2C(=O)NC2CCCC2)c1. The van der Waals surface area contributed by atoms with Crippen molar-refractivity contribution in [1.82, 2.24) is 5.32 Å². The normalized spacial score (nSPS) is 13.6. The number of benzene rings is 2. The fraction of sp³-hybridized carbons (Fsp3) is 0.318. The molecule has 0 aliphatic heterocycles. The third-order valence-electron chi connectivity index (χ3n) is 4.78. The van der Waals surface area contributed by atoms with Crippen molar-refractivity contribution in [2.75, 3.05) is 19.0 Å². The highest BCUT2D eigenvalue weighted by Gasteiger charge is 2.20. The maximum absolute atomic E-state index is 12.6. The molecule has 0 aromatic heterocycles. The summed E-state index contributed by atoms with van der Waals surface area (Å²) >= 11 is 0. The van der Waals surface area contributed by atoms with Gasteiger partial charge in [-0.15, -0.1) is 0 Å². The number of hydrogen-bond donors (Lipinski definition) is 2. The van der Waals surface area contributed by atoms with E-state index in [4.69, 9.17) is 9.47 Å². The first-order chi connectivity index (χ1) is 14.1. The van der Waals surface area contributed by atoms with Crippen LogP contribution in [0.3, 0.4) is 0 Å². The van der Waals surface area contributed by atoms with Crippen molar-refractivity contribution in [3.63, 3.8) is 0 Å². The Balaban J connectivity index is 1.57. The van der Waals surface area contributed by atoms with Crippen LogP contribution in [0.15, 0.2) is 48.5 Å². The van der Waals surface area contributed by atoms with Gasteiger partial charge in [0.15, 0.2) is 6.61 Å². The topological polar surface area (TPSA) is 93.7 Å². The molecule has 3 rings (SSSR count). The van der Waals surface area contributed by atoms with E-state index in [0.717, 1.165) is 25.7 Å². The van der Waals surface area contributed by atoms with Crippen LogP contribution in [-0.4, -0.2) is 37.5 Å². The second kappa shape index (κ2) is 9.73. The Labute approximate surface area is 169 Å². The van der Waals surface area contributed by atoms with Gasteiger partial charge in [0.1, 0.15) is 5.75 Å². The zero-order valence-electron chi connectivity index (χ0n) is 16.3. The second-order valence-corrected chi connectivity index (χ2v) is 6.86. The number of methoxy groups -OCH3 is 1. The molecular weight excluding hydrogens is 372 g/mol. The van der Waals surface area contributed by atoms with Crippen molar-refractivity contribution in [2.24, 2.45) is 0 Å². The molecule has 0 unspecified atom stereocenters. The van der Waals surface area contributed by atoms with Gasteiger partial charge in [0.05, 0.1) is 23.9 Å². The molecule has 2 aromatic carbocycles. The smallest absolute Gasteiger partial charge is 0.338 e. The molecule has 2 aromatic rings. The Morgan fingerprint density at radius 2 is 1.79 bits per heavy atom. The number of amides is 2. The van der Waals surface area contributed by atoms with Crippen molar-refractivity contribution in [2.45, 2.75) is 31.7 Å². The Kier molecular flexibility index (Phi) is 6.84. The van der Waals surface area contributed by atoms with Crippen molar-refractivity contribution in [3.05, 3.63) is 59.7 Å². The fourth-order valence-corrected chi connectivity index (χ4v) is 3.27. The molecular formula is C22H24N2O5. The lowest BCUT2D eigenvalue weighted by molar-refractivity contribution is -0.119. The van der Waals surface area contributed by atoms with E-state index < -0.39 is 18.5 Å². The number of esters is 1. The van der Waals surface area contributed by atoms with Crippen LogP contribution in [0.1, 0.15) is 46.4 Å². The maximum Gasteiger partial charge on any atom is 0.338 e. The number of carbonyl (C=O) groups is 3. The largest absolute Gasteiger partial charge is 0.497 e. The summed E-state index contributed by atoms with van der Waals surface area (Å²) in [6.45, 7) is -0.464. The van der Waals surface area contributed by atoms with Crippen LogP contribution in [0.2, 0.25) is 0 Å². The number of ether oxygens (including phenoxy) is 2. The molecule has 0 bridgehead atoms. The van der Waals surface area contributed by atoms with E-state index in [9.17, 15) is 14.4 Å². The molecule has 0 radical (unpaired) electrons. The monoisotopic (exact) mass is 396 g/mol. The molecule has 7 heteroatoms. The van der Waals surface area contributed by atoms with E-state index in [0.29, 0.717) is 17.0 Å². The van der Waals surface area contributed by atoms with Crippen LogP contribution in [0.5, 0.6) is 5.75 Å². The van der Waals surface area contributed by atoms with Gasteiger partial charge in [-0.2, -0.15) is 0 Å². The summed E-state index contributed by atoms with van der Waals surface area (Å²) in [7, 11) is 1.50. The van der Waals surface area contributed by atoms with Crippen molar-refractivity contribution in [1.29, 1.82) is 0 Å². The molecule has 0 spiro atoms. The van der Waals surface area contributed by atoms with Crippen LogP contribution in [0.25, 0.3) is 0 Å². The van der Waals surface area contributed by atoms with Crippen LogP contribution >= 0.6 is 0 Å². The zero-order valence-corrected chi connectivity index (χ0v) is 16.3. The number of nitrogens with one attached hydrogen (secondary N) is 2. The molecule has 7 nitrogen and oxygen atoms in total. The lowest BCUT2D eigenvalue weighted by Gasteiger charge is -2.15. The minimum Gasteiger partial charge on any atom is -0.497 e. The quantitative estimate of drug-likeness (QED) is 0.701. The van der Waals surface area contributed by atoms with Crippen LogP contribution < -0.4 is 15.4 Å². The molecule has 1 fully saturated rings. The summed E-state index contributed by atoms with van der Waals surface area (Å²) in [6, 6.07) is 13.4. The van der Waals surface area contributed by atoms with Gasteiger partial charge in [-0.3, -0.25) is 9.59 Å². The number of carbonyl (C=O) groups excluding carboxylic acids is 3. The minimum atomic E-state index is -0.633. The van der Waals surface area contributed by atoms with Gasteiger partial charge in [0.25, 0.3) is 11.8 Å². The van der Waals surface area contributed by atoms with Crippen molar-refractivity contribution >= 4 is 23.5 Å². The first kappa shape index (κ1) is 20.4. The number of para-hydroxylation sites is 1. The number of anilines is 1. The van der Waals surface area contributed by atoms with Gasteiger partial charge in [0.2, 0.25) is 0 Å². The summed E-state index contributed by atoms with van der Waals surface area (Å²) < 4.78 is 10.1. The van der Waals surface area contributed by atoms with Gasteiger partial charge in [-0.05, 0) is 43.2 Å². The van der Waals surface area contributed by atoms with Gasteiger partial charge in [-0.1, -0.05) is 31.0 Å². The Morgan fingerprint density at radius 1 is 1.03 bits per heavy atom. The predicted molar refractivity (Wildman–Crippen MR) is 108 cm³/mol. The van der Waals surface area contributed by atoms with E-state index >= 15 is 0 Å². The van der Waals surface area contributed by atoms with Gasteiger partial charge in [0, 0.05) is 6.04 Å². The molecule has 1 saturated carbocycles. The molecule has 1 aliphatic carbocycles. The number of rotatable bonds is 7. The maximum atomic E-state index is 12.6. The van der Waals surface area contributed by atoms with Crippen LogP contribution in [-0.2, 0) is 9.53 Å². The van der Waals surface area contributed by atoms with Crippen molar-refractivity contribution < 1.29 is 23.9 Å². The first-order valence-electron chi connectivity index (χ1n) is 9.57. The lowest BCUT2D eigenvalue weighted by Crippen LogP contribution is -2.33. The summed E-state index contributed by atoms with van der Waals surface area (Å²) in [4.78, 5) is 36.9. The summed E-state index contributed by atoms with van der Waals surface area (Å²) in [6.07, 6.45) is 4.17. The van der Waals surface area contributed by atoms with E-state index in [2.05, 4.69) is 10.6 Å². The highest BCUT2D eigenvalue weighted by molar-refractivity contribution is 6.04. The van der Waals surface area contributed by atoms with Crippen LogP contribution in [0, 0.1) is 0 Å². The third kappa shape index (κ3) is 5.57. The molecule has 2 amide bonds. The third-order valence-corrected chi connectivity index (χ3v) is 4.78. The molecule has 0 saturated heterocycles. The molecule has 1 aliphatic rings. The van der Waals surface area contributed by atoms with E-state index in [-0.39, 0.29) is 17.5 Å². The molecule has 152 valence electrons. The fourth-order valence-electron chi connectivity index (χ4n) is 3.27. The van der Waals surface area contributed by atoms with Gasteiger partial charge < -0.3 is 20.1 Å². The first-order valence-corrected chi connectivity index (χ1v) is 9.57. The van der Waals surface area contributed by atoms with E-state index in [1.54, 1.807) is 42.5 Å². The zero-order chi connectivity index (χ0) is 20.6. The molecule has 0 heterocycles. The molecule has 2 N–H and O–H groups in total. The highest BCUT2D eigenvalue weighted by Crippen LogP contribution is 2.20. The van der Waals surface area contributed by atoms with Crippen LogP contribution in [0.4, 0.5) is 5.69 Å². The Morgan fingerprint density at radius 3 is 2.55 bits per heavy atom. The second-order valence-electron chi connectivity index (χ2n) is 6.86. The van der Waals surface area contributed by atoms with E-state index in [1.165, 1.54) is 13.2 Å². The minimum absolute atomic E-state index is 0.176. The average Bonchev–Trinajstić information content (AvgIpc) is 3.25. The van der Waals surface area contributed by atoms with E-state index in [1.807, 2.05) is 0 Å². The summed E-state index contributed by atoms with van der Waals surface area (Å²) in [5.41, 5.74) is 1.05. The molecule has 0 atom stereocenters. The Bertz CT molecular complexity index is 890. The summed E-state index contributed by atoms with van der Waals surface area (Å²) in [5.74, 6) is -0.860. The Hall–Kier alpha value is -3.35. The lowest BCUT2D eigenvalue weighted by atomic mass is 10.1. The standard InChI is InChI=1S/C22H24N2O5/c1-28-17-10-6-7-15(13-17)22(27)29-14-20(25)24-19-12-5-4-11-18(19)21(26)23-16-8-2-3-9-16/h4-7,10-13,16H,2-3,8-9,14H2,1H3,(H,23,26)(H,24,25). The predicted octanol–water partition coefficient (Wildman–Crippen LogP) is 3.16. The van der Waals surface area contributed by atoms with Gasteiger partial charge >= 0.3 is 5.97 Å². The van der Waals surface area contributed by atoms with Gasteiger partial charge in [-0.25, -0.2) is 4.79 Å². The van der Waals surface area contributed by atoms with Crippen molar-refractivity contribution in [3.8, 4) is 5.75 Å². The summed E-state index contributed by atoms with van der Waals surface area (Å²) in [5, 5.41) is 5.65. The highest BCUT2D eigenvalue weighted by atomic mass is 16.5. The molecule has 29 heavy (non-hydrogen) atoms.